The number of nitrogens with one attached hydrogen (secondary N) is 3. The number of aryl methyl sites for hydroxylation is 4. The molecule has 2 amide bonds. The van der Waals surface area contributed by atoms with Crippen LogP contribution in [0.5, 0.6) is 0 Å². The lowest BCUT2D eigenvalue weighted by Gasteiger charge is -2.16. The molecular formula is C42H45ClF6N14O2. The molecule has 16 nitrogen and oxygen atoms in total. The Morgan fingerprint density at radius 2 is 1.09 bits per heavy atom. The highest BCUT2D eigenvalue weighted by Gasteiger charge is 2.32. The number of amides is 2. The molecule has 2 fully saturated rings. The standard InChI is InChI=1S/C21H22F3N7O.C16H13ClF3N5.C5H10N2O/c1-12-9-13(2)31(29-12)20-27-17(25-15-6-4-5-14(10-15)21(22,23)24)11-18(28-20)26-16-7-8-30(3)19(16)32;1-9-6-10(2)25(24-9)15-22-13(17)8-14(23-15)21-12-5-3-4-11(7-12)16(18,19)20;1-7-3-2-4(6)5(7)8/h4-6,9-11,16H,7-8H2,1-3H3,(H2,25,26,27,28);3-8H,1-2H3,(H,21,22,23);4H,2-3,6H2,1H3. The van der Waals surface area contributed by atoms with Crippen LogP contribution < -0.4 is 21.7 Å². The number of hydrogen-bond donors (Lipinski definition) is 4. The molecule has 65 heavy (non-hydrogen) atoms. The highest BCUT2D eigenvalue weighted by atomic mass is 35.5. The zero-order valence-corrected chi connectivity index (χ0v) is 36.7. The minimum atomic E-state index is -4.46. The Morgan fingerprint density at radius 1 is 0.631 bits per heavy atom. The van der Waals surface area contributed by atoms with E-state index in [4.69, 9.17) is 17.3 Å². The lowest BCUT2D eigenvalue weighted by molar-refractivity contribution is -0.138. The number of halogens is 7. The van der Waals surface area contributed by atoms with E-state index in [9.17, 15) is 35.9 Å². The number of carbonyl (C=O) groups is 2. The highest BCUT2D eigenvalue weighted by Crippen LogP contribution is 2.33. The third kappa shape index (κ3) is 12.3. The first-order valence-electron chi connectivity index (χ1n) is 20.0. The number of nitrogens with two attached hydrogens (primary N) is 1. The molecular weight excluding hydrogens is 882 g/mol. The molecule has 5 N–H and O–H groups in total. The summed E-state index contributed by atoms with van der Waals surface area (Å²) in [6.07, 6.45) is -7.45. The van der Waals surface area contributed by atoms with Crippen molar-refractivity contribution in [1.82, 2.24) is 49.3 Å². The molecule has 344 valence electrons. The van der Waals surface area contributed by atoms with Crippen LogP contribution >= 0.6 is 11.6 Å². The predicted molar refractivity (Wildman–Crippen MR) is 232 cm³/mol. The Labute approximate surface area is 374 Å². The van der Waals surface area contributed by atoms with Gasteiger partial charge in [0.2, 0.25) is 11.8 Å². The lowest BCUT2D eigenvalue weighted by atomic mass is 10.2. The molecule has 0 bridgehead atoms. The summed E-state index contributed by atoms with van der Waals surface area (Å²) in [5.41, 5.74) is 7.47. The zero-order chi connectivity index (χ0) is 47.4. The van der Waals surface area contributed by atoms with Crippen molar-refractivity contribution in [3.05, 3.63) is 112 Å². The zero-order valence-electron chi connectivity index (χ0n) is 35.9. The summed E-state index contributed by atoms with van der Waals surface area (Å²) in [5, 5.41) is 17.6. The van der Waals surface area contributed by atoms with Crippen LogP contribution in [-0.4, -0.2) is 100 Å². The van der Waals surface area contributed by atoms with Crippen molar-refractivity contribution in [2.75, 3.05) is 43.1 Å². The van der Waals surface area contributed by atoms with Gasteiger partial charge in [0, 0.05) is 62.1 Å². The maximum atomic E-state index is 13.1. The van der Waals surface area contributed by atoms with Gasteiger partial charge in [0.1, 0.15) is 28.6 Å². The number of anilines is 5. The molecule has 4 aromatic heterocycles. The van der Waals surface area contributed by atoms with Crippen molar-refractivity contribution in [3.63, 3.8) is 0 Å². The molecule has 8 rings (SSSR count). The Hall–Kier alpha value is -6.81. The smallest absolute Gasteiger partial charge is 0.358 e. The number of rotatable bonds is 8. The van der Waals surface area contributed by atoms with Gasteiger partial charge in [0.15, 0.2) is 0 Å². The van der Waals surface area contributed by atoms with Gasteiger partial charge in [-0.15, -0.1) is 0 Å². The van der Waals surface area contributed by atoms with Gasteiger partial charge in [-0.2, -0.15) is 56.5 Å². The van der Waals surface area contributed by atoms with E-state index in [1.165, 1.54) is 35.0 Å². The van der Waals surface area contributed by atoms with Crippen molar-refractivity contribution >= 4 is 52.2 Å². The number of nitrogens with zero attached hydrogens (tertiary/aromatic N) is 10. The summed E-state index contributed by atoms with van der Waals surface area (Å²) >= 11 is 6.02. The molecule has 0 radical (unpaired) electrons. The third-order valence-electron chi connectivity index (χ3n) is 9.94. The van der Waals surface area contributed by atoms with Crippen LogP contribution in [-0.2, 0) is 21.9 Å². The second kappa shape index (κ2) is 19.5. The second-order valence-corrected chi connectivity index (χ2v) is 15.7. The Kier molecular flexibility index (Phi) is 14.3. The number of likely N-dealkylation sites (tertiary alicyclic amines) is 2. The second-order valence-electron chi connectivity index (χ2n) is 15.3. The minimum absolute atomic E-state index is 0.0522. The average molecular weight is 927 g/mol. The number of alkyl halides is 6. The van der Waals surface area contributed by atoms with E-state index in [0.29, 0.717) is 18.8 Å². The molecule has 23 heteroatoms. The molecule has 6 heterocycles. The van der Waals surface area contributed by atoms with Crippen molar-refractivity contribution in [3.8, 4) is 11.9 Å². The normalized spacial score (nSPS) is 16.2. The van der Waals surface area contributed by atoms with Gasteiger partial charge in [-0.1, -0.05) is 23.7 Å². The van der Waals surface area contributed by atoms with E-state index >= 15 is 0 Å². The van der Waals surface area contributed by atoms with Crippen molar-refractivity contribution in [2.24, 2.45) is 5.73 Å². The van der Waals surface area contributed by atoms with Crippen LogP contribution in [0.4, 0.5) is 55.2 Å². The summed E-state index contributed by atoms with van der Waals surface area (Å²) in [6, 6.07) is 15.7. The van der Waals surface area contributed by atoms with Crippen LogP contribution in [0.2, 0.25) is 5.15 Å². The van der Waals surface area contributed by atoms with Gasteiger partial charge in [-0.3, -0.25) is 9.59 Å². The summed E-state index contributed by atoms with van der Waals surface area (Å²) in [6.45, 7) is 8.79. The fourth-order valence-electron chi connectivity index (χ4n) is 6.72. The molecule has 2 aromatic carbocycles. The summed E-state index contributed by atoms with van der Waals surface area (Å²) in [4.78, 5) is 43.6. The Bertz CT molecular complexity index is 2660. The van der Waals surface area contributed by atoms with E-state index in [1.807, 2.05) is 39.8 Å². The first-order valence-corrected chi connectivity index (χ1v) is 20.3. The van der Waals surface area contributed by atoms with Crippen molar-refractivity contribution in [1.29, 1.82) is 0 Å². The van der Waals surface area contributed by atoms with Gasteiger partial charge in [-0.05, 0) is 89.1 Å². The third-order valence-corrected chi connectivity index (χ3v) is 10.1. The van der Waals surface area contributed by atoms with Crippen LogP contribution in [0.25, 0.3) is 11.9 Å². The largest absolute Gasteiger partial charge is 0.416 e. The first-order chi connectivity index (χ1) is 30.5. The van der Waals surface area contributed by atoms with E-state index in [-0.39, 0.29) is 57.9 Å². The van der Waals surface area contributed by atoms with Crippen molar-refractivity contribution < 1.29 is 35.9 Å². The SMILES string of the molecule is CN1CCC(N)C1=O.Cc1cc(C)n(-c2nc(Cl)cc(Nc3cccc(C(F)(F)F)c3)n2)n1.Cc1cc(C)n(-c2nc(Nc3cccc(C(F)(F)F)c3)cc(NC3CCN(C)C3=O)n2)n1. The van der Waals surface area contributed by atoms with Crippen LogP contribution in [0.3, 0.4) is 0 Å². The summed E-state index contributed by atoms with van der Waals surface area (Å²) < 4.78 is 80.8. The van der Waals surface area contributed by atoms with Gasteiger partial charge in [0.25, 0.3) is 11.9 Å². The van der Waals surface area contributed by atoms with Crippen LogP contribution in [0.15, 0.2) is 72.8 Å². The maximum absolute atomic E-state index is 13.1. The van der Waals surface area contributed by atoms with Crippen molar-refractivity contribution in [2.45, 2.75) is 65.0 Å². The fraction of sp³-hybridized carbons (Fsp3) is 0.333. The van der Waals surface area contributed by atoms with Gasteiger partial charge in [-0.25, -0.2) is 9.36 Å². The van der Waals surface area contributed by atoms with E-state index < -0.39 is 29.5 Å². The Morgan fingerprint density at radius 3 is 1.49 bits per heavy atom. The van der Waals surface area contributed by atoms with E-state index in [0.717, 1.165) is 60.0 Å². The predicted octanol–water partition coefficient (Wildman–Crippen LogP) is 7.55. The molecule has 2 aliphatic rings. The number of aromatic nitrogens is 8. The van der Waals surface area contributed by atoms with Gasteiger partial charge >= 0.3 is 12.4 Å². The molecule has 2 atom stereocenters. The molecule has 6 aromatic rings. The van der Waals surface area contributed by atoms with Crippen LogP contribution in [0.1, 0.15) is 46.7 Å². The average Bonchev–Trinajstić information content (AvgIpc) is 3.95. The Balaban J connectivity index is 0.000000188. The van der Waals surface area contributed by atoms with E-state index in [2.05, 4.69) is 46.1 Å². The highest BCUT2D eigenvalue weighted by molar-refractivity contribution is 6.29. The number of likely N-dealkylation sites (N-methyl/N-ethyl adjacent to an activating group) is 2. The number of carbonyl (C=O) groups excluding carboxylic acids is 2. The number of hydrogen-bond acceptors (Lipinski definition) is 12. The molecule has 2 unspecified atom stereocenters. The molecule has 0 saturated carbocycles. The quantitative estimate of drug-likeness (QED) is 0.0868. The first kappa shape index (κ1) is 47.7. The fourth-order valence-corrected chi connectivity index (χ4v) is 6.90. The minimum Gasteiger partial charge on any atom is -0.358 e. The monoisotopic (exact) mass is 926 g/mol. The van der Waals surface area contributed by atoms with E-state index in [1.54, 1.807) is 34.6 Å². The molecule has 0 spiro atoms. The molecule has 0 aliphatic carbocycles. The summed E-state index contributed by atoms with van der Waals surface area (Å²) in [7, 11) is 3.50. The summed E-state index contributed by atoms with van der Waals surface area (Å²) in [5.74, 6) is 1.38. The maximum Gasteiger partial charge on any atom is 0.416 e. The van der Waals surface area contributed by atoms with Crippen LogP contribution in [0, 0.1) is 27.7 Å². The lowest BCUT2D eigenvalue weighted by Crippen LogP contribution is -2.31. The molecule has 2 aliphatic heterocycles. The topological polar surface area (TPSA) is 190 Å². The van der Waals surface area contributed by atoms with Gasteiger partial charge in [0.05, 0.1) is 28.6 Å². The number of benzene rings is 2. The molecule has 2 saturated heterocycles. The van der Waals surface area contributed by atoms with Gasteiger partial charge < -0.3 is 31.5 Å².